The topological polar surface area (TPSA) is 35.5 Å². The van der Waals surface area contributed by atoms with Gasteiger partial charge < -0.3 is 9.47 Å². The smallest absolute Gasteiger partial charge is 0.313 e. The first-order chi connectivity index (χ1) is 10.5. The van der Waals surface area contributed by atoms with Gasteiger partial charge in [0.25, 0.3) is 0 Å². The maximum Gasteiger partial charge on any atom is 0.313 e. The van der Waals surface area contributed by atoms with E-state index >= 15 is 0 Å². The summed E-state index contributed by atoms with van der Waals surface area (Å²) in [5, 5.41) is 0. The van der Waals surface area contributed by atoms with E-state index in [1.165, 1.54) is 0 Å². The molecule has 3 nitrogen and oxygen atoms in total. The van der Waals surface area contributed by atoms with Crippen LogP contribution in [0.5, 0.6) is 11.5 Å². The number of ether oxygens (including phenoxy) is 2. The monoisotopic (exact) mass is 298 g/mol. The molecule has 0 heterocycles. The van der Waals surface area contributed by atoms with Gasteiger partial charge >= 0.3 is 5.97 Å². The summed E-state index contributed by atoms with van der Waals surface area (Å²) in [6.45, 7) is 7.64. The molecule has 0 spiro atoms. The predicted molar refractivity (Wildman–Crippen MR) is 88.1 cm³/mol. The molecular formula is C19H22O3. The fraction of sp³-hybridized carbons (Fsp3) is 0.316. The Kier molecular flexibility index (Phi) is 5.21. The molecule has 0 amide bonds. The second kappa shape index (κ2) is 7.12. The molecule has 0 aliphatic carbocycles. The van der Waals surface area contributed by atoms with Crippen LogP contribution in [-0.4, -0.2) is 12.1 Å². The van der Waals surface area contributed by atoms with Crippen LogP contribution in [0.1, 0.15) is 27.7 Å². The van der Waals surface area contributed by atoms with Crippen LogP contribution in [0.4, 0.5) is 0 Å². The Labute approximate surface area is 131 Å². The van der Waals surface area contributed by atoms with Gasteiger partial charge in [-0.2, -0.15) is 0 Å². The molecular weight excluding hydrogens is 276 g/mol. The zero-order chi connectivity index (χ0) is 16.1. The lowest BCUT2D eigenvalue weighted by Gasteiger charge is -2.10. The molecule has 22 heavy (non-hydrogen) atoms. The van der Waals surface area contributed by atoms with Crippen molar-refractivity contribution in [3.05, 3.63) is 48.5 Å². The Bertz CT molecular complexity index is 610. The number of hydrogen-bond acceptors (Lipinski definition) is 3. The molecule has 0 aromatic heterocycles. The highest BCUT2D eigenvalue weighted by Crippen LogP contribution is 2.25. The molecule has 116 valence electrons. The van der Waals surface area contributed by atoms with Crippen LogP contribution in [0.15, 0.2) is 48.5 Å². The summed E-state index contributed by atoms with van der Waals surface area (Å²) in [6, 6.07) is 15.5. The molecule has 0 saturated carbocycles. The number of rotatable bonds is 5. The molecule has 0 aliphatic heterocycles. The van der Waals surface area contributed by atoms with Crippen LogP contribution in [0.25, 0.3) is 11.1 Å². The quantitative estimate of drug-likeness (QED) is 0.593. The fourth-order valence-electron chi connectivity index (χ4n) is 1.95. The number of carbonyl (C=O) groups is 1. The molecule has 0 saturated heterocycles. The van der Waals surface area contributed by atoms with Gasteiger partial charge in [-0.15, -0.1) is 0 Å². The Morgan fingerprint density at radius 2 is 1.23 bits per heavy atom. The van der Waals surface area contributed by atoms with E-state index in [2.05, 4.69) is 0 Å². The third kappa shape index (κ3) is 4.35. The van der Waals surface area contributed by atoms with Crippen LogP contribution < -0.4 is 9.47 Å². The van der Waals surface area contributed by atoms with Crippen molar-refractivity contribution in [2.75, 3.05) is 0 Å². The Morgan fingerprint density at radius 3 is 1.64 bits per heavy atom. The molecule has 2 aromatic carbocycles. The van der Waals surface area contributed by atoms with E-state index in [9.17, 15) is 4.79 Å². The van der Waals surface area contributed by atoms with Crippen LogP contribution >= 0.6 is 0 Å². The van der Waals surface area contributed by atoms with E-state index in [1.807, 2.05) is 76.2 Å². The van der Waals surface area contributed by atoms with Gasteiger partial charge in [0, 0.05) is 0 Å². The largest absolute Gasteiger partial charge is 0.491 e. The van der Waals surface area contributed by atoms with Gasteiger partial charge in [-0.25, -0.2) is 0 Å². The molecule has 0 bridgehead atoms. The van der Waals surface area contributed by atoms with Gasteiger partial charge in [0.1, 0.15) is 11.5 Å². The predicted octanol–water partition coefficient (Wildman–Crippen LogP) is 4.70. The van der Waals surface area contributed by atoms with E-state index in [0.29, 0.717) is 5.75 Å². The van der Waals surface area contributed by atoms with Gasteiger partial charge in [0.2, 0.25) is 0 Å². The van der Waals surface area contributed by atoms with Gasteiger partial charge in [0.05, 0.1) is 12.0 Å². The Balaban J connectivity index is 2.08. The minimum absolute atomic E-state index is 0.131. The minimum atomic E-state index is -0.220. The third-order valence-electron chi connectivity index (χ3n) is 3.10. The first-order valence-electron chi connectivity index (χ1n) is 7.54. The summed E-state index contributed by atoms with van der Waals surface area (Å²) in [5.74, 6) is 1.08. The maximum atomic E-state index is 11.6. The average Bonchev–Trinajstić information content (AvgIpc) is 2.48. The van der Waals surface area contributed by atoms with Crippen molar-refractivity contribution in [3.63, 3.8) is 0 Å². The summed E-state index contributed by atoms with van der Waals surface area (Å²) >= 11 is 0. The summed E-state index contributed by atoms with van der Waals surface area (Å²) < 4.78 is 10.9. The number of hydrogen-bond donors (Lipinski definition) is 0. The fourth-order valence-corrected chi connectivity index (χ4v) is 1.95. The SMILES string of the molecule is CC(C)Oc1ccc(-c2ccc(OC(=O)C(C)C)cc2)cc1. The van der Waals surface area contributed by atoms with Crippen LogP contribution in [0, 0.1) is 5.92 Å². The normalized spacial score (nSPS) is 10.8. The van der Waals surface area contributed by atoms with Gasteiger partial charge in [-0.1, -0.05) is 38.1 Å². The molecule has 0 radical (unpaired) electrons. The zero-order valence-corrected chi connectivity index (χ0v) is 13.5. The molecule has 3 heteroatoms. The van der Waals surface area contributed by atoms with Gasteiger partial charge in [-0.3, -0.25) is 4.79 Å². The highest BCUT2D eigenvalue weighted by molar-refractivity contribution is 5.74. The van der Waals surface area contributed by atoms with Crippen molar-refractivity contribution < 1.29 is 14.3 Å². The number of benzene rings is 2. The highest BCUT2D eigenvalue weighted by Gasteiger charge is 2.09. The van der Waals surface area contributed by atoms with E-state index < -0.39 is 0 Å². The second-order valence-corrected chi connectivity index (χ2v) is 5.79. The van der Waals surface area contributed by atoms with Crippen molar-refractivity contribution in [1.82, 2.24) is 0 Å². The molecule has 0 N–H and O–H groups in total. The lowest BCUT2D eigenvalue weighted by atomic mass is 10.1. The van der Waals surface area contributed by atoms with Gasteiger partial charge in [-0.05, 0) is 49.2 Å². The zero-order valence-electron chi connectivity index (χ0n) is 13.5. The van der Waals surface area contributed by atoms with E-state index in [-0.39, 0.29) is 18.0 Å². The van der Waals surface area contributed by atoms with Crippen molar-refractivity contribution in [3.8, 4) is 22.6 Å². The lowest BCUT2D eigenvalue weighted by molar-refractivity contribution is -0.137. The average molecular weight is 298 g/mol. The summed E-state index contributed by atoms with van der Waals surface area (Å²) in [6.07, 6.45) is 0.167. The molecule has 2 rings (SSSR count). The van der Waals surface area contributed by atoms with Crippen LogP contribution in [0.3, 0.4) is 0 Å². The number of esters is 1. The van der Waals surface area contributed by atoms with Crippen molar-refractivity contribution >= 4 is 5.97 Å². The van der Waals surface area contributed by atoms with Crippen LogP contribution in [0.2, 0.25) is 0 Å². The molecule has 0 fully saturated rings. The first kappa shape index (κ1) is 16.1. The van der Waals surface area contributed by atoms with Crippen molar-refractivity contribution in [2.45, 2.75) is 33.8 Å². The highest BCUT2D eigenvalue weighted by atomic mass is 16.5. The molecule has 0 unspecified atom stereocenters. The standard InChI is InChI=1S/C19H22O3/c1-13(2)19(20)22-18-11-7-16(8-12-18)15-5-9-17(10-6-15)21-14(3)4/h5-14H,1-4H3. The van der Waals surface area contributed by atoms with Crippen molar-refractivity contribution in [2.24, 2.45) is 5.92 Å². The molecule has 0 aliphatic rings. The minimum Gasteiger partial charge on any atom is -0.491 e. The van der Waals surface area contributed by atoms with Gasteiger partial charge in [0.15, 0.2) is 0 Å². The second-order valence-electron chi connectivity index (χ2n) is 5.79. The Hall–Kier alpha value is -2.29. The summed E-state index contributed by atoms with van der Waals surface area (Å²) in [4.78, 5) is 11.6. The summed E-state index contributed by atoms with van der Waals surface area (Å²) in [7, 11) is 0. The molecule has 0 atom stereocenters. The first-order valence-corrected chi connectivity index (χ1v) is 7.54. The Morgan fingerprint density at radius 1 is 0.773 bits per heavy atom. The lowest BCUT2D eigenvalue weighted by Crippen LogP contribution is -2.14. The maximum absolute atomic E-state index is 11.6. The summed E-state index contributed by atoms with van der Waals surface area (Å²) in [5.41, 5.74) is 2.17. The van der Waals surface area contributed by atoms with Crippen LogP contribution in [-0.2, 0) is 4.79 Å². The van der Waals surface area contributed by atoms with E-state index in [1.54, 1.807) is 0 Å². The third-order valence-corrected chi connectivity index (χ3v) is 3.10. The van der Waals surface area contributed by atoms with Crippen molar-refractivity contribution in [1.29, 1.82) is 0 Å². The van der Waals surface area contributed by atoms with E-state index in [4.69, 9.17) is 9.47 Å². The number of carbonyl (C=O) groups excluding carboxylic acids is 1. The molecule has 2 aromatic rings. The van der Waals surface area contributed by atoms with E-state index in [0.717, 1.165) is 16.9 Å².